The normalized spacial score (nSPS) is 14.2. The number of fused-ring (bicyclic) bond motifs is 3. The first-order chi connectivity index (χ1) is 16.1. The molecule has 0 saturated carbocycles. The van der Waals surface area contributed by atoms with Crippen LogP contribution in [0.3, 0.4) is 0 Å². The summed E-state index contributed by atoms with van der Waals surface area (Å²) in [5.74, 6) is 1.94. The van der Waals surface area contributed by atoms with Crippen LogP contribution in [0, 0.1) is 10.1 Å². The van der Waals surface area contributed by atoms with Crippen molar-refractivity contribution in [2.45, 2.75) is 11.4 Å². The lowest BCUT2D eigenvalue weighted by Crippen LogP contribution is -2.16. The number of ether oxygens (including phenoxy) is 1. The number of hydrogen-bond donors (Lipinski definition) is 1. The molecule has 1 N–H and O–H groups in total. The van der Waals surface area contributed by atoms with Crippen molar-refractivity contribution in [2.24, 2.45) is 0 Å². The fourth-order valence-electron chi connectivity index (χ4n) is 3.39. The number of nitro groups is 1. The second-order valence-electron chi connectivity index (χ2n) is 7.05. The molecule has 1 atom stereocenters. The third-order valence-corrected chi connectivity index (χ3v) is 5.72. The molecule has 0 fully saturated rings. The monoisotopic (exact) mass is 459 g/mol. The quantitative estimate of drug-likeness (QED) is 0.173. The van der Waals surface area contributed by atoms with Crippen molar-refractivity contribution in [3.63, 3.8) is 0 Å². The lowest BCUT2D eigenvalue weighted by atomic mass is 10.1. The number of rotatable bonds is 6. The Morgan fingerprint density at radius 1 is 1.15 bits per heavy atom. The molecule has 2 aromatic carbocycles. The molecule has 4 aromatic rings. The molecule has 5 rings (SSSR count). The molecule has 0 saturated heterocycles. The molecule has 33 heavy (non-hydrogen) atoms. The van der Waals surface area contributed by atoms with E-state index in [4.69, 9.17) is 9.15 Å². The van der Waals surface area contributed by atoms with Gasteiger partial charge in [-0.1, -0.05) is 48.2 Å². The van der Waals surface area contributed by atoms with E-state index in [0.29, 0.717) is 39.6 Å². The molecule has 0 unspecified atom stereocenters. The van der Waals surface area contributed by atoms with Crippen molar-refractivity contribution < 1.29 is 14.1 Å². The number of nitrogens with one attached hydrogen (secondary N) is 1. The van der Waals surface area contributed by atoms with E-state index in [0.717, 1.165) is 11.3 Å². The van der Waals surface area contributed by atoms with Crippen LogP contribution in [0.25, 0.3) is 22.6 Å². The highest BCUT2D eigenvalue weighted by atomic mass is 32.2. The second kappa shape index (κ2) is 8.75. The van der Waals surface area contributed by atoms with Crippen LogP contribution in [0.4, 0.5) is 11.4 Å². The van der Waals surface area contributed by atoms with Crippen molar-refractivity contribution in [3.8, 4) is 28.5 Å². The van der Waals surface area contributed by atoms with Crippen molar-refractivity contribution in [1.29, 1.82) is 0 Å². The van der Waals surface area contributed by atoms with Gasteiger partial charge in [-0.25, -0.2) is 0 Å². The summed E-state index contributed by atoms with van der Waals surface area (Å²) >= 11 is 1.40. The van der Waals surface area contributed by atoms with Crippen molar-refractivity contribution >= 4 is 23.1 Å². The Balaban J connectivity index is 1.52. The van der Waals surface area contributed by atoms with Gasteiger partial charge in [-0.15, -0.1) is 16.8 Å². The van der Waals surface area contributed by atoms with Gasteiger partial charge >= 0.3 is 0 Å². The average Bonchev–Trinajstić information content (AvgIpc) is 3.27. The predicted octanol–water partition coefficient (Wildman–Crippen LogP) is 5.49. The summed E-state index contributed by atoms with van der Waals surface area (Å²) in [4.78, 5) is 15.2. The first-order valence-corrected chi connectivity index (χ1v) is 11.0. The number of para-hydroxylation sites is 1. The number of non-ortho nitro benzene ring substituents is 1. The van der Waals surface area contributed by atoms with Gasteiger partial charge in [0.15, 0.2) is 11.5 Å². The van der Waals surface area contributed by atoms with E-state index >= 15 is 0 Å². The summed E-state index contributed by atoms with van der Waals surface area (Å²) in [6.45, 7) is 3.71. The Morgan fingerprint density at radius 2 is 2.03 bits per heavy atom. The molecule has 1 aliphatic heterocycles. The Labute approximate surface area is 192 Å². The van der Waals surface area contributed by atoms with Gasteiger partial charge in [-0.2, -0.15) is 4.98 Å². The number of benzene rings is 2. The van der Waals surface area contributed by atoms with Crippen LogP contribution in [-0.4, -0.2) is 25.9 Å². The number of aromatic nitrogens is 3. The molecular weight excluding hydrogens is 442 g/mol. The summed E-state index contributed by atoms with van der Waals surface area (Å²) in [5.41, 5.74) is 2.70. The Hall–Kier alpha value is -4.18. The van der Waals surface area contributed by atoms with Crippen LogP contribution in [0.2, 0.25) is 0 Å². The number of anilines is 1. The first kappa shape index (κ1) is 20.7. The maximum absolute atomic E-state index is 11.1. The van der Waals surface area contributed by atoms with Crippen LogP contribution in [0.15, 0.2) is 82.9 Å². The SMILES string of the molecule is C=CCSc1nnc2c(n1)O[C@H](c1ccc(-c3cccc([N+](=O)[O-])c3)o1)Nc1ccccc1-2. The number of thioether (sulfide) groups is 1. The van der Waals surface area contributed by atoms with Crippen molar-refractivity contribution in [1.82, 2.24) is 15.2 Å². The summed E-state index contributed by atoms with van der Waals surface area (Å²) < 4.78 is 12.2. The summed E-state index contributed by atoms with van der Waals surface area (Å²) in [6, 6.07) is 17.4. The Kier molecular flexibility index (Phi) is 5.49. The van der Waals surface area contributed by atoms with Crippen LogP contribution >= 0.6 is 11.8 Å². The van der Waals surface area contributed by atoms with E-state index < -0.39 is 11.2 Å². The van der Waals surface area contributed by atoms with Gasteiger partial charge in [0.1, 0.15) is 5.76 Å². The molecule has 0 aliphatic carbocycles. The van der Waals surface area contributed by atoms with E-state index in [1.54, 1.807) is 30.3 Å². The number of hydrogen-bond acceptors (Lipinski definition) is 9. The van der Waals surface area contributed by atoms with Crippen molar-refractivity contribution in [2.75, 3.05) is 11.1 Å². The van der Waals surface area contributed by atoms with Gasteiger partial charge < -0.3 is 14.5 Å². The zero-order valence-corrected chi connectivity index (χ0v) is 18.0. The van der Waals surface area contributed by atoms with Gasteiger partial charge in [0.25, 0.3) is 5.69 Å². The second-order valence-corrected chi connectivity index (χ2v) is 8.03. The van der Waals surface area contributed by atoms with Gasteiger partial charge in [0.2, 0.25) is 17.3 Å². The third kappa shape index (κ3) is 4.15. The van der Waals surface area contributed by atoms with E-state index in [-0.39, 0.29) is 5.69 Å². The fourth-order valence-corrected chi connectivity index (χ4v) is 3.91. The van der Waals surface area contributed by atoms with Gasteiger partial charge in [-0.05, 0) is 18.2 Å². The lowest BCUT2D eigenvalue weighted by molar-refractivity contribution is -0.384. The maximum atomic E-state index is 11.1. The average molecular weight is 459 g/mol. The van der Waals surface area contributed by atoms with E-state index in [1.807, 2.05) is 24.3 Å². The zero-order valence-electron chi connectivity index (χ0n) is 17.2. The molecular formula is C23H17N5O4S. The molecule has 9 nitrogen and oxygen atoms in total. The van der Waals surface area contributed by atoms with E-state index in [1.165, 1.54) is 23.9 Å². The predicted molar refractivity (Wildman–Crippen MR) is 124 cm³/mol. The van der Waals surface area contributed by atoms with E-state index in [9.17, 15) is 10.1 Å². The van der Waals surface area contributed by atoms with Crippen LogP contribution in [0.5, 0.6) is 5.88 Å². The minimum Gasteiger partial charge on any atom is -0.455 e. The largest absolute Gasteiger partial charge is 0.455 e. The number of nitro benzene ring substituents is 1. The molecule has 1 aliphatic rings. The maximum Gasteiger partial charge on any atom is 0.270 e. The molecule has 3 heterocycles. The molecule has 0 radical (unpaired) electrons. The topological polar surface area (TPSA) is 116 Å². The van der Waals surface area contributed by atoms with Crippen LogP contribution < -0.4 is 10.1 Å². The van der Waals surface area contributed by atoms with Gasteiger partial charge in [-0.3, -0.25) is 10.1 Å². The standard InChI is InChI=1S/C23H17N5O4S/c1-2-12-33-23-25-22-20(26-27-23)16-8-3-4-9-17(16)24-21(32-22)19-11-10-18(31-19)14-6-5-7-15(13-14)28(29)30/h2-11,13,21,24H,1,12H2/t21-/m1/s1. The minimum atomic E-state index is -0.700. The first-order valence-electron chi connectivity index (χ1n) is 9.98. The summed E-state index contributed by atoms with van der Waals surface area (Å²) in [6.07, 6.45) is 1.06. The lowest BCUT2D eigenvalue weighted by Gasteiger charge is -2.16. The van der Waals surface area contributed by atoms with E-state index in [2.05, 4.69) is 27.1 Å². The highest BCUT2D eigenvalue weighted by molar-refractivity contribution is 7.99. The molecule has 0 bridgehead atoms. The molecule has 0 amide bonds. The third-order valence-electron chi connectivity index (χ3n) is 4.89. The molecule has 0 spiro atoms. The van der Waals surface area contributed by atoms with Crippen molar-refractivity contribution in [3.05, 3.63) is 89.2 Å². The fraction of sp³-hybridized carbons (Fsp3) is 0.0870. The Morgan fingerprint density at radius 3 is 2.88 bits per heavy atom. The molecule has 2 aromatic heterocycles. The van der Waals surface area contributed by atoms with Crippen LogP contribution in [0.1, 0.15) is 12.0 Å². The summed E-state index contributed by atoms with van der Waals surface area (Å²) in [7, 11) is 0. The highest BCUT2D eigenvalue weighted by Crippen LogP contribution is 2.40. The molecule has 10 heteroatoms. The van der Waals surface area contributed by atoms with Crippen LogP contribution in [-0.2, 0) is 0 Å². The smallest absolute Gasteiger partial charge is 0.270 e. The van der Waals surface area contributed by atoms with Gasteiger partial charge in [0, 0.05) is 34.7 Å². The van der Waals surface area contributed by atoms with Gasteiger partial charge in [0.05, 0.1) is 4.92 Å². The zero-order chi connectivity index (χ0) is 22.8. The highest BCUT2D eigenvalue weighted by Gasteiger charge is 2.28. The molecule has 164 valence electrons. The minimum absolute atomic E-state index is 0.00975. The summed E-state index contributed by atoms with van der Waals surface area (Å²) in [5, 5.41) is 23.5. The number of furan rings is 1. The number of nitrogens with zero attached hydrogens (tertiary/aromatic N) is 4. The Bertz CT molecular complexity index is 1360.